The molecule has 2 atom stereocenters. The predicted octanol–water partition coefficient (Wildman–Crippen LogP) is 0.866. The van der Waals surface area contributed by atoms with E-state index < -0.39 is 0 Å². The third-order valence-electron chi connectivity index (χ3n) is 4.88. The maximum atomic E-state index is 12.5. The fraction of sp³-hybridized carbons (Fsp3) is 0.867. The molecule has 1 saturated heterocycles. The molecule has 114 valence electrons. The van der Waals surface area contributed by atoms with Crippen molar-refractivity contribution in [1.82, 2.24) is 4.90 Å². The van der Waals surface area contributed by atoms with Crippen molar-refractivity contribution in [2.24, 2.45) is 29.2 Å². The predicted molar refractivity (Wildman–Crippen MR) is 77.6 cm³/mol. The highest BCUT2D eigenvalue weighted by Crippen LogP contribution is 2.31. The lowest BCUT2D eigenvalue weighted by Gasteiger charge is -2.36. The van der Waals surface area contributed by atoms with Crippen molar-refractivity contribution in [1.29, 1.82) is 0 Å². The molecule has 2 amide bonds. The van der Waals surface area contributed by atoms with Gasteiger partial charge in [-0.3, -0.25) is 9.59 Å². The van der Waals surface area contributed by atoms with E-state index in [1.165, 1.54) is 6.42 Å². The van der Waals surface area contributed by atoms with Gasteiger partial charge in [0.1, 0.15) is 0 Å². The molecule has 2 rings (SSSR count). The standard InChI is InChI=1S/C15H27N3O2/c16-10-12-2-1-3-13(8-12)15(20)18-6-4-11(5-7-18)9-14(17)19/h11-13H,1-10,16H2,(H2,17,19). The number of carbonyl (C=O) groups excluding carboxylic acids is 2. The Bertz CT molecular complexity index is 351. The second-order valence-electron chi connectivity index (χ2n) is 6.40. The number of hydrogen-bond donors (Lipinski definition) is 2. The Labute approximate surface area is 121 Å². The van der Waals surface area contributed by atoms with Crippen LogP contribution in [0.5, 0.6) is 0 Å². The monoisotopic (exact) mass is 281 g/mol. The van der Waals surface area contributed by atoms with Gasteiger partial charge in [0.2, 0.25) is 11.8 Å². The molecule has 1 aliphatic heterocycles. The average Bonchev–Trinajstić information content (AvgIpc) is 2.47. The van der Waals surface area contributed by atoms with Crippen LogP contribution in [0.25, 0.3) is 0 Å². The van der Waals surface area contributed by atoms with Crippen LogP contribution >= 0.6 is 0 Å². The number of hydrogen-bond acceptors (Lipinski definition) is 3. The molecule has 2 aliphatic rings. The van der Waals surface area contributed by atoms with E-state index in [1.807, 2.05) is 4.90 Å². The zero-order valence-corrected chi connectivity index (χ0v) is 12.2. The summed E-state index contributed by atoms with van der Waals surface area (Å²) >= 11 is 0. The molecule has 2 unspecified atom stereocenters. The van der Waals surface area contributed by atoms with Crippen LogP contribution in [-0.4, -0.2) is 36.3 Å². The van der Waals surface area contributed by atoms with Crippen LogP contribution in [-0.2, 0) is 9.59 Å². The molecule has 20 heavy (non-hydrogen) atoms. The summed E-state index contributed by atoms with van der Waals surface area (Å²) in [6.07, 6.45) is 6.52. The van der Waals surface area contributed by atoms with Crippen LogP contribution < -0.4 is 11.5 Å². The minimum Gasteiger partial charge on any atom is -0.370 e. The number of piperidine rings is 1. The van der Waals surface area contributed by atoms with Crippen molar-refractivity contribution in [3.8, 4) is 0 Å². The largest absolute Gasteiger partial charge is 0.370 e. The van der Waals surface area contributed by atoms with Crippen LogP contribution in [0.2, 0.25) is 0 Å². The normalized spacial score (nSPS) is 28.4. The fourth-order valence-electron chi connectivity index (χ4n) is 3.63. The molecule has 0 bridgehead atoms. The Hall–Kier alpha value is -1.10. The number of likely N-dealkylation sites (tertiary alicyclic amines) is 1. The molecule has 1 heterocycles. The number of rotatable bonds is 4. The summed E-state index contributed by atoms with van der Waals surface area (Å²) in [4.78, 5) is 25.5. The topological polar surface area (TPSA) is 89.4 Å². The summed E-state index contributed by atoms with van der Waals surface area (Å²) in [6.45, 7) is 2.26. The second-order valence-corrected chi connectivity index (χ2v) is 6.40. The first kappa shape index (κ1) is 15.3. The van der Waals surface area contributed by atoms with Crippen LogP contribution in [0.4, 0.5) is 0 Å². The Morgan fingerprint density at radius 3 is 2.35 bits per heavy atom. The van der Waals surface area contributed by atoms with Crippen LogP contribution in [0.15, 0.2) is 0 Å². The fourth-order valence-corrected chi connectivity index (χ4v) is 3.63. The zero-order chi connectivity index (χ0) is 14.5. The van der Waals surface area contributed by atoms with E-state index in [1.54, 1.807) is 0 Å². The lowest BCUT2D eigenvalue weighted by molar-refractivity contribution is -0.138. The van der Waals surface area contributed by atoms with E-state index in [4.69, 9.17) is 11.5 Å². The third kappa shape index (κ3) is 3.95. The zero-order valence-electron chi connectivity index (χ0n) is 12.2. The van der Waals surface area contributed by atoms with Gasteiger partial charge in [0.05, 0.1) is 0 Å². The van der Waals surface area contributed by atoms with E-state index in [0.717, 1.165) is 45.2 Å². The Morgan fingerprint density at radius 2 is 1.75 bits per heavy atom. The van der Waals surface area contributed by atoms with Gasteiger partial charge in [0.25, 0.3) is 0 Å². The van der Waals surface area contributed by atoms with Crippen molar-refractivity contribution < 1.29 is 9.59 Å². The van der Waals surface area contributed by atoms with Gasteiger partial charge >= 0.3 is 0 Å². The Balaban J connectivity index is 1.80. The van der Waals surface area contributed by atoms with E-state index in [2.05, 4.69) is 0 Å². The van der Waals surface area contributed by atoms with Gasteiger partial charge in [0, 0.05) is 25.4 Å². The van der Waals surface area contributed by atoms with Gasteiger partial charge in [-0.25, -0.2) is 0 Å². The summed E-state index contributed by atoms with van der Waals surface area (Å²) in [5.41, 5.74) is 11.0. The number of nitrogens with two attached hydrogens (primary N) is 2. The van der Waals surface area contributed by atoms with Gasteiger partial charge in [-0.1, -0.05) is 6.42 Å². The van der Waals surface area contributed by atoms with E-state index in [9.17, 15) is 9.59 Å². The molecule has 0 aromatic rings. The summed E-state index contributed by atoms with van der Waals surface area (Å²) < 4.78 is 0. The highest BCUT2D eigenvalue weighted by Gasteiger charge is 2.31. The van der Waals surface area contributed by atoms with Gasteiger partial charge < -0.3 is 16.4 Å². The van der Waals surface area contributed by atoms with Crippen molar-refractivity contribution in [3.05, 3.63) is 0 Å². The molecule has 0 spiro atoms. The van der Waals surface area contributed by atoms with Crippen LogP contribution in [0.1, 0.15) is 44.9 Å². The smallest absolute Gasteiger partial charge is 0.225 e. The van der Waals surface area contributed by atoms with Crippen LogP contribution in [0.3, 0.4) is 0 Å². The van der Waals surface area contributed by atoms with E-state index in [0.29, 0.717) is 30.7 Å². The minimum absolute atomic E-state index is 0.171. The third-order valence-corrected chi connectivity index (χ3v) is 4.88. The lowest BCUT2D eigenvalue weighted by Crippen LogP contribution is -2.43. The summed E-state index contributed by atoms with van der Waals surface area (Å²) in [7, 11) is 0. The SMILES string of the molecule is NCC1CCCC(C(=O)N2CCC(CC(N)=O)CC2)C1. The molecule has 4 N–H and O–H groups in total. The maximum absolute atomic E-state index is 12.5. The Morgan fingerprint density at radius 1 is 1.05 bits per heavy atom. The molecule has 1 aliphatic carbocycles. The van der Waals surface area contributed by atoms with Crippen molar-refractivity contribution in [2.75, 3.05) is 19.6 Å². The van der Waals surface area contributed by atoms with Gasteiger partial charge in [0.15, 0.2) is 0 Å². The highest BCUT2D eigenvalue weighted by atomic mass is 16.2. The molecule has 2 fully saturated rings. The van der Waals surface area contributed by atoms with Gasteiger partial charge in [-0.15, -0.1) is 0 Å². The summed E-state index contributed by atoms with van der Waals surface area (Å²) in [5, 5.41) is 0. The molecular formula is C15H27N3O2. The molecular weight excluding hydrogens is 254 g/mol. The maximum Gasteiger partial charge on any atom is 0.225 e. The van der Waals surface area contributed by atoms with Crippen molar-refractivity contribution in [3.63, 3.8) is 0 Å². The van der Waals surface area contributed by atoms with Gasteiger partial charge in [-0.05, 0) is 50.5 Å². The van der Waals surface area contributed by atoms with Crippen molar-refractivity contribution >= 4 is 11.8 Å². The number of amides is 2. The first-order valence-corrected chi connectivity index (χ1v) is 7.87. The van der Waals surface area contributed by atoms with E-state index >= 15 is 0 Å². The minimum atomic E-state index is -0.229. The highest BCUT2D eigenvalue weighted by molar-refractivity contribution is 5.79. The molecule has 0 aromatic heterocycles. The molecule has 5 heteroatoms. The van der Waals surface area contributed by atoms with E-state index in [-0.39, 0.29) is 11.8 Å². The molecule has 0 radical (unpaired) electrons. The number of nitrogens with zero attached hydrogens (tertiary/aromatic N) is 1. The second kappa shape index (κ2) is 7.07. The van der Waals surface area contributed by atoms with Gasteiger partial charge in [-0.2, -0.15) is 0 Å². The quantitative estimate of drug-likeness (QED) is 0.801. The Kier molecular flexibility index (Phi) is 5.40. The number of carbonyl (C=O) groups is 2. The average molecular weight is 281 g/mol. The summed E-state index contributed by atoms with van der Waals surface area (Å²) in [5.74, 6) is 1.13. The first-order chi connectivity index (χ1) is 9.60. The molecule has 1 saturated carbocycles. The van der Waals surface area contributed by atoms with Crippen molar-refractivity contribution in [2.45, 2.75) is 44.9 Å². The molecule has 5 nitrogen and oxygen atoms in total. The van der Waals surface area contributed by atoms with Crippen LogP contribution in [0, 0.1) is 17.8 Å². The molecule has 0 aromatic carbocycles. The summed E-state index contributed by atoms with van der Waals surface area (Å²) in [6, 6.07) is 0. The first-order valence-electron chi connectivity index (χ1n) is 7.87. The lowest BCUT2D eigenvalue weighted by atomic mass is 9.80. The number of primary amides is 1.